The maximum absolute atomic E-state index is 12.4. The van der Waals surface area contributed by atoms with Crippen LogP contribution in [0.1, 0.15) is 29.9 Å². The van der Waals surface area contributed by atoms with Crippen LogP contribution >= 0.6 is 0 Å². The molecule has 7 nitrogen and oxygen atoms in total. The summed E-state index contributed by atoms with van der Waals surface area (Å²) in [6.45, 7) is 1.87. The number of hydrogen-bond donors (Lipinski definition) is 0. The Morgan fingerprint density at radius 2 is 2.00 bits per heavy atom. The molecule has 4 rings (SSSR count). The number of hydrogen-bond acceptors (Lipinski definition) is 6. The summed E-state index contributed by atoms with van der Waals surface area (Å²) < 4.78 is 12.0. The lowest BCUT2D eigenvalue weighted by molar-refractivity contribution is -0.0397. The molecule has 2 aromatic heterocycles. The molecule has 0 N–H and O–H groups in total. The SMILES string of the molecule is O=C(c1ncccn1)N1CCC2(CC1)C[C@H](Oc1cccnc1)CO2. The Bertz CT molecular complexity index is 718. The van der Waals surface area contributed by atoms with Crippen molar-refractivity contribution in [3.63, 3.8) is 0 Å². The molecule has 1 amide bonds. The van der Waals surface area contributed by atoms with Crippen molar-refractivity contribution < 1.29 is 14.3 Å². The quantitative estimate of drug-likeness (QED) is 0.847. The van der Waals surface area contributed by atoms with Crippen LogP contribution in [0.4, 0.5) is 0 Å². The van der Waals surface area contributed by atoms with Crippen LogP contribution in [0.15, 0.2) is 43.0 Å². The molecule has 2 aromatic rings. The van der Waals surface area contributed by atoms with Crippen LogP contribution in [0.3, 0.4) is 0 Å². The first-order valence-electron chi connectivity index (χ1n) is 8.51. The summed E-state index contributed by atoms with van der Waals surface area (Å²) in [4.78, 5) is 26.4. The zero-order chi connectivity index (χ0) is 17.1. The highest BCUT2D eigenvalue weighted by Gasteiger charge is 2.44. The number of carbonyl (C=O) groups is 1. The molecule has 7 heteroatoms. The number of rotatable bonds is 3. The van der Waals surface area contributed by atoms with Gasteiger partial charge in [-0.15, -0.1) is 0 Å². The number of nitrogens with zero attached hydrogens (tertiary/aromatic N) is 4. The van der Waals surface area contributed by atoms with E-state index in [9.17, 15) is 4.79 Å². The number of piperidine rings is 1. The third kappa shape index (κ3) is 3.46. The first kappa shape index (κ1) is 16.0. The summed E-state index contributed by atoms with van der Waals surface area (Å²) in [6.07, 6.45) is 9.10. The van der Waals surface area contributed by atoms with E-state index in [1.807, 2.05) is 12.1 Å². The Labute approximate surface area is 146 Å². The van der Waals surface area contributed by atoms with Gasteiger partial charge in [-0.3, -0.25) is 9.78 Å². The summed E-state index contributed by atoms with van der Waals surface area (Å²) in [6, 6.07) is 5.46. The summed E-state index contributed by atoms with van der Waals surface area (Å²) in [5.74, 6) is 0.905. The molecule has 0 unspecified atom stereocenters. The average molecular weight is 340 g/mol. The van der Waals surface area contributed by atoms with E-state index in [1.165, 1.54) is 0 Å². The fraction of sp³-hybridized carbons (Fsp3) is 0.444. The number of amides is 1. The summed E-state index contributed by atoms with van der Waals surface area (Å²) in [7, 11) is 0. The van der Waals surface area contributed by atoms with E-state index >= 15 is 0 Å². The molecule has 1 spiro atoms. The molecule has 4 heterocycles. The predicted molar refractivity (Wildman–Crippen MR) is 89.1 cm³/mol. The van der Waals surface area contributed by atoms with Crippen molar-refractivity contribution in [2.24, 2.45) is 0 Å². The van der Waals surface area contributed by atoms with Gasteiger partial charge in [0.2, 0.25) is 5.82 Å². The second-order valence-electron chi connectivity index (χ2n) is 6.49. The first-order valence-corrected chi connectivity index (χ1v) is 8.51. The van der Waals surface area contributed by atoms with Crippen LogP contribution in [-0.2, 0) is 4.74 Å². The molecule has 2 fully saturated rings. The molecular formula is C18H20N4O3. The number of aromatic nitrogens is 3. The van der Waals surface area contributed by atoms with Crippen LogP contribution in [0.2, 0.25) is 0 Å². The highest BCUT2D eigenvalue weighted by molar-refractivity contribution is 5.90. The normalized spacial score (nSPS) is 22.1. The summed E-state index contributed by atoms with van der Waals surface area (Å²) in [5.41, 5.74) is -0.193. The molecule has 2 aliphatic heterocycles. The molecule has 2 aliphatic rings. The Hall–Kier alpha value is -2.54. The zero-order valence-electron chi connectivity index (χ0n) is 13.9. The Morgan fingerprint density at radius 3 is 2.72 bits per heavy atom. The minimum absolute atomic E-state index is 0.0314. The van der Waals surface area contributed by atoms with E-state index in [4.69, 9.17) is 9.47 Å². The lowest BCUT2D eigenvalue weighted by Crippen LogP contribution is -2.47. The molecule has 0 aromatic carbocycles. The molecule has 130 valence electrons. The van der Waals surface area contributed by atoms with E-state index < -0.39 is 0 Å². The second kappa shape index (κ2) is 6.76. The van der Waals surface area contributed by atoms with Crippen molar-refractivity contribution in [1.29, 1.82) is 0 Å². The van der Waals surface area contributed by atoms with Crippen molar-refractivity contribution in [2.45, 2.75) is 31.0 Å². The van der Waals surface area contributed by atoms with Crippen LogP contribution in [-0.4, -0.2) is 57.2 Å². The lowest BCUT2D eigenvalue weighted by Gasteiger charge is -2.38. The zero-order valence-corrected chi connectivity index (χ0v) is 13.9. The summed E-state index contributed by atoms with van der Waals surface area (Å²) in [5, 5.41) is 0. The smallest absolute Gasteiger partial charge is 0.291 e. The fourth-order valence-electron chi connectivity index (χ4n) is 3.50. The molecule has 25 heavy (non-hydrogen) atoms. The van der Waals surface area contributed by atoms with E-state index in [1.54, 1.807) is 35.8 Å². The lowest BCUT2D eigenvalue weighted by atomic mass is 9.88. The van der Waals surface area contributed by atoms with Crippen molar-refractivity contribution in [3.8, 4) is 5.75 Å². The molecule has 2 saturated heterocycles. The third-order valence-corrected chi connectivity index (χ3v) is 4.83. The minimum Gasteiger partial charge on any atom is -0.486 e. The van der Waals surface area contributed by atoms with Gasteiger partial charge in [-0.1, -0.05) is 0 Å². The van der Waals surface area contributed by atoms with E-state index in [0.29, 0.717) is 19.7 Å². The Kier molecular flexibility index (Phi) is 4.31. The maximum Gasteiger partial charge on any atom is 0.291 e. The Balaban J connectivity index is 1.33. The molecule has 0 aliphatic carbocycles. The molecular weight excluding hydrogens is 320 g/mol. The Morgan fingerprint density at radius 1 is 1.20 bits per heavy atom. The third-order valence-electron chi connectivity index (χ3n) is 4.83. The van der Waals surface area contributed by atoms with Crippen LogP contribution in [0, 0.1) is 0 Å². The molecule has 0 radical (unpaired) electrons. The topological polar surface area (TPSA) is 77.4 Å². The van der Waals surface area contributed by atoms with Crippen molar-refractivity contribution >= 4 is 5.91 Å². The van der Waals surface area contributed by atoms with E-state index in [2.05, 4.69) is 15.0 Å². The standard InChI is InChI=1S/C18H20N4O3/c23-17(16-20-7-2-8-21-16)22-9-4-18(5-10-22)11-15(13-24-18)25-14-3-1-6-19-12-14/h1-3,6-8,12,15H,4-5,9-11,13H2/t15-/m0/s1. The number of likely N-dealkylation sites (tertiary alicyclic amines) is 1. The van der Waals surface area contributed by atoms with Gasteiger partial charge >= 0.3 is 0 Å². The van der Waals surface area contributed by atoms with Gasteiger partial charge in [-0.2, -0.15) is 0 Å². The van der Waals surface area contributed by atoms with Crippen molar-refractivity contribution in [3.05, 3.63) is 48.8 Å². The van der Waals surface area contributed by atoms with Gasteiger partial charge in [-0.25, -0.2) is 9.97 Å². The van der Waals surface area contributed by atoms with Gasteiger partial charge in [0.25, 0.3) is 5.91 Å². The number of ether oxygens (including phenoxy) is 2. The highest BCUT2D eigenvalue weighted by atomic mass is 16.6. The molecule has 0 saturated carbocycles. The maximum atomic E-state index is 12.4. The van der Waals surface area contributed by atoms with Gasteiger partial charge < -0.3 is 14.4 Å². The largest absolute Gasteiger partial charge is 0.486 e. The number of carbonyl (C=O) groups excluding carboxylic acids is 1. The average Bonchev–Trinajstić information content (AvgIpc) is 3.05. The van der Waals surface area contributed by atoms with Crippen LogP contribution < -0.4 is 4.74 Å². The van der Waals surface area contributed by atoms with E-state index in [0.717, 1.165) is 25.0 Å². The molecule has 1 atom stereocenters. The van der Waals surface area contributed by atoms with Gasteiger partial charge in [0.1, 0.15) is 11.9 Å². The first-order chi connectivity index (χ1) is 12.2. The molecule has 0 bridgehead atoms. The van der Waals surface area contributed by atoms with Gasteiger partial charge in [0.15, 0.2) is 0 Å². The van der Waals surface area contributed by atoms with E-state index in [-0.39, 0.29) is 23.4 Å². The minimum atomic E-state index is -0.193. The highest BCUT2D eigenvalue weighted by Crippen LogP contribution is 2.37. The van der Waals surface area contributed by atoms with Crippen molar-refractivity contribution in [2.75, 3.05) is 19.7 Å². The number of pyridine rings is 1. The monoisotopic (exact) mass is 340 g/mol. The van der Waals surface area contributed by atoms with Gasteiger partial charge in [0.05, 0.1) is 18.4 Å². The van der Waals surface area contributed by atoms with Gasteiger partial charge in [0, 0.05) is 38.1 Å². The van der Waals surface area contributed by atoms with Crippen LogP contribution in [0.5, 0.6) is 5.75 Å². The second-order valence-corrected chi connectivity index (χ2v) is 6.49. The van der Waals surface area contributed by atoms with Crippen LogP contribution in [0.25, 0.3) is 0 Å². The fourth-order valence-corrected chi connectivity index (χ4v) is 3.50. The van der Waals surface area contributed by atoms with Crippen molar-refractivity contribution in [1.82, 2.24) is 19.9 Å². The predicted octanol–water partition coefficient (Wildman–Crippen LogP) is 1.71. The summed E-state index contributed by atoms with van der Waals surface area (Å²) >= 11 is 0. The van der Waals surface area contributed by atoms with Gasteiger partial charge in [-0.05, 0) is 31.0 Å².